The summed E-state index contributed by atoms with van der Waals surface area (Å²) >= 11 is 1.73. The number of fused-ring (bicyclic) bond motifs is 1. The molecule has 0 bridgehead atoms. The van der Waals surface area contributed by atoms with Gasteiger partial charge >= 0.3 is 0 Å². The number of benzene rings is 1. The van der Waals surface area contributed by atoms with Gasteiger partial charge in [-0.25, -0.2) is 0 Å². The Kier molecular flexibility index (Phi) is 5.27. The van der Waals surface area contributed by atoms with E-state index in [1.54, 1.807) is 16.2 Å². The van der Waals surface area contributed by atoms with E-state index < -0.39 is 4.92 Å². The molecule has 0 atom stereocenters. The van der Waals surface area contributed by atoms with Crippen molar-refractivity contribution in [3.8, 4) is 11.5 Å². The Morgan fingerprint density at radius 1 is 1.21 bits per heavy atom. The topological polar surface area (TPSA) is 85.1 Å². The fourth-order valence-electron chi connectivity index (χ4n) is 3.25. The number of nitrogens with zero attached hydrogens (tertiary/aromatic N) is 3. The van der Waals surface area contributed by atoms with Gasteiger partial charge in [-0.3, -0.25) is 19.8 Å². The second-order valence-corrected chi connectivity index (χ2v) is 7.57. The summed E-state index contributed by atoms with van der Waals surface area (Å²) < 4.78 is 10.5. The average molecular weight is 401 g/mol. The highest BCUT2D eigenvalue weighted by atomic mass is 32.1. The molecule has 28 heavy (non-hydrogen) atoms. The second-order valence-electron chi connectivity index (χ2n) is 6.54. The van der Waals surface area contributed by atoms with Gasteiger partial charge in [0.05, 0.1) is 16.6 Å². The molecule has 1 amide bonds. The number of amides is 1. The van der Waals surface area contributed by atoms with Crippen molar-refractivity contribution < 1.29 is 19.2 Å². The second kappa shape index (κ2) is 7.99. The Labute approximate surface area is 165 Å². The van der Waals surface area contributed by atoms with Crippen LogP contribution in [0.3, 0.4) is 0 Å². The fraction of sp³-hybridized carbons (Fsp3) is 0.316. The first-order valence-electron chi connectivity index (χ1n) is 8.90. The zero-order valence-corrected chi connectivity index (χ0v) is 15.9. The van der Waals surface area contributed by atoms with Crippen molar-refractivity contribution in [2.24, 2.45) is 0 Å². The highest BCUT2D eigenvalue weighted by Crippen LogP contribution is 2.38. The number of carbonyl (C=O) groups is 1. The molecule has 146 valence electrons. The summed E-state index contributed by atoms with van der Waals surface area (Å²) in [6.45, 7) is 3.83. The Balaban J connectivity index is 1.39. The summed E-state index contributed by atoms with van der Waals surface area (Å²) in [5.41, 5.74) is 0.202. The lowest BCUT2D eigenvalue weighted by molar-refractivity contribution is -0.385. The van der Waals surface area contributed by atoms with Crippen LogP contribution >= 0.6 is 11.3 Å². The van der Waals surface area contributed by atoms with E-state index in [-0.39, 0.29) is 18.4 Å². The number of piperazine rings is 1. The quantitative estimate of drug-likeness (QED) is 0.435. The SMILES string of the molecule is O=C(/C=C/c1cc2c(cc1[N+](=O)[O-])OCO2)N1CCN(Cc2cccs2)CC1. The number of nitro groups is 1. The van der Waals surface area contributed by atoms with Crippen molar-refractivity contribution in [3.05, 3.63) is 56.3 Å². The highest BCUT2D eigenvalue weighted by molar-refractivity contribution is 7.09. The molecule has 0 N–H and O–H groups in total. The van der Waals surface area contributed by atoms with Crippen LogP contribution in [0.15, 0.2) is 35.7 Å². The van der Waals surface area contributed by atoms with Gasteiger partial charge in [0, 0.05) is 43.7 Å². The van der Waals surface area contributed by atoms with E-state index >= 15 is 0 Å². The summed E-state index contributed by atoms with van der Waals surface area (Å²) in [4.78, 5) is 28.7. The van der Waals surface area contributed by atoms with Gasteiger partial charge in [-0.1, -0.05) is 6.07 Å². The molecule has 8 nitrogen and oxygen atoms in total. The van der Waals surface area contributed by atoms with Crippen molar-refractivity contribution in [1.82, 2.24) is 9.80 Å². The van der Waals surface area contributed by atoms with Crippen molar-refractivity contribution in [2.45, 2.75) is 6.54 Å². The van der Waals surface area contributed by atoms with Crippen LogP contribution in [0.1, 0.15) is 10.4 Å². The first kappa shape index (κ1) is 18.5. The van der Waals surface area contributed by atoms with Crippen LogP contribution in [-0.2, 0) is 11.3 Å². The third-order valence-corrected chi connectivity index (χ3v) is 5.63. The smallest absolute Gasteiger partial charge is 0.280 e. The highest BCUT2D eigenvalue weighted by Gasteiger charge is 2.23. The summed E-state index contributed by atoms with van der Waals surface area (Å²) in [5.74, 6) is 0.639. The van der Waals surface area contributed by atoms with Gasteiger partial charge in [-0.15, -0.1) is 11.3 Å². The molecule has 0 spiro atoms. The van der Waals surface area contributed by atoms with Crippen molar-refractivity contribution in [2.75, 3.05) is 33.0 Å². The minimum absolute atomic E-state index is 0.0360. The van der Waals surface area contributed by atoms with Gasteiger partial charge in [-0.2, -0.15) is 0 Å². The molecule has 0 radical (unpaired) electrons. The number of hydrogen-bond acceptors (Lipinski definition) is 7. The molecule has 2 aliphatic rings. The number of ether oxygens (including phenoxy) is 2. The normalized spacial score (nSPS) is 16.6. The van der Waals surface area contributed by atoms with E-state index in [4.69, 9.17) is 9.47 Å². The van der Waals surface area contributed by atoms with Gasteiger partial charge in [0.25, 0.3) is 5.69 Å². The number of carbonyl (C=O) groups excluding carboxylic acids is 1. The van der Waals surface area contributed by atoms with E-state index in [1.807, 2.05) is 6.07 Å². The molecule has 0 saturated carbocycles. The lowest BCUT2D eigenvalue weighted by Crippen LogP contribution is -2.47. The van der Waals surface area contributed by atoms with Gasteiger partial charge in [0.1, 0.15) is 0 Å². The summed E-state index contributed by atoms with van der Waals surface area (Å²) in [5, 5.41) is 13.4. The third-order valence-electron chi connectivity index (χ3n) is 4.77. The number of nitro benzene ring substituents is 1. The van der Waals surface area contributed by atoms with Gasteiger partial charge in [0.2, 0.25) is 12.7 Å². The molecule has 1 aromatic heterocycles. The molecule has 1 saturated heterocycles. The van der Waals surface area contributed by atoms with Crippen LogP contribution in [-0.4, -0.2) is 53.6 Å². The number of thiophene rings is 1. The lowest BCUT2D eigenvalue weighted by atomic mass is 10.1. The molecule has 1 aromatic carbocycles. The standard InChI is InChI=1S/C19H19N3O5S/c23-19(21-7-5-20(6-8-21)12-15-2-1-9-28-15)4-3-14-10-17-18(27-13-26-17)11-16(14)22(24)25/h1-4,9-11H,5-8,12-13H2/b4-3+. The summed E-state index contributed by atoms with van der Waals surface area (Å²) in [7, 11) is 0. The first-order chi connectivity index (χ1) is 13.6. The van der Waals surface area contributed by atoms with Gasteiger partial charge in [0.15, 0.2) is 11.5 Å². The van der Waals surface area contributed by atoms with Crippen LogP contribution in [0.25, 0.3) is 6.08 Å². The molecule has 2 aromatic rings. The Bertz CT molecular complexity index is 905. The van der Waals surface area contributed by atoms with Crippen molar-refractivity contribution in [1.29, 1.82) is 0 Å². The molecule has 0 unspecified atom stereocenters. The maximum absolute atomic E-state index is 12.5. The van der Waals surface area contributed by atoms with Crippen LogP contribution in [0.2, 0.25) is 0 Å². The predicted octanol–water partition coefficient (Wildman–Crippen LogP) is 2.74. The van der Waals surface area contributed by atoms with Crippen LogP contribution < -0.4 is 9.47 Å². The van der Waals surface area contributed by atoms with E-state index in [1.165, 1.54) is 29.2 Å². The van der Waals surface area contributed by atoms with Gasteiger partial charge in [-0.05, 0) is 23.6 Å². The minimum Gasteiger partial charge on any atom is -0.454 e. The predicted molar refractivity (Wildman–Crippen MR) is 104 cm³/mol. The number of hydrogen-bond donors (Lipinski definition) is 0. The molecule has 1 fully saturated rings. The summed E-state index contributed by atoms with van der Waals surface area (Å²) in [6.07, 6.45) is 2.86. The Hall–Kier alpha value is -2.91. The van der Waals surface area contributed by atoms with E-state index in [0.29, 0.717) is 30.2 Å². The lowest BCUT2D eigenvalue weighted by Gasteiger charge is -2.33. The van der Waals surface area contributed by atoms with Crippen molar-refractivity contribution >= 4 is 29.0 Å². The van der Waals surface area contributed by atoms with Crippen LogP contribution in [0.4, 0.5) is 5.69 Å². The molecular weight excluding hydrogens is 382 g/mol. The maximum atomic E-state index is 12.5. The van der Waals surface area contributed by atoms with Crippen molar-refractivity contribution in [3.63, 3.8) is 0 Å². The molecule has 4 rings (SSSR count). The molecule has 3 heterocycles. The van der Waals surface area contributed by atoms with Crippen LogP contribution in [0.5, 0.6) is 11.5 Å². The van der Waals surface area contributed by atoms with Gasteiger partial charge < -0.3 is 14.4 Å². The van der Waals surface area contributed by atoms with Crippen LogP contribution in [0, 0.1) is 10.1 Å². The molecule has 0 aliphatic carbocycles. The minimum atomic E-state index is -0.491. The number of rotatable bonds is 5. The largest absolute Gasteiger partial charge is 0.454 e. The maximum Gasteiger partial charge on any atom is 0.280 e. The molecular formula is C19H19N3O5S. The van der Waals surface area contributed by atoms with E-state index in [2.05, 4.69) is 16.3 Å². The van der Waals surface area contributed by atoms with E-state index in [9.17, 15) is 14.9 Å². The zero-order chi connectivity index (χ0) is 19.5. The zero-order valence-electron chi connectivity index (χ0n) is 15.1. The fourth-order valence-corrected chi connectivity index (χ4v) is 4.00. The first-order valence-corrected chi connectivity index (χ1v) is 9.78. The third kappa shape index (κ3) is 4.00. The molecule has 9 heteroatoms. The monoisotopic (exact) mass is 401 g/mol. The average Bonchev–Trinajstić information content (AvgIpc) is 3.37. The summed E-state index contributed by atoms with van der Waals surface area (Å²) in [6, 6.07) is 7.02. The molecule has 2 aliphatic heterocycles. The Morgan fingerprint density at radius 3 is 2.64 bits per heavy atom. The van der Waals surface area contributed by atoms with E-state index in [0.717, 1.165) is 19.6 Å². The Morgan fingerprint density at radius 2 is 1.96 bits per heavy atom.